The van der Waals surface area contributed by atoms with Gasteiger partial charge >= 0.3 is 5.97 Å². The quantitative estimate of drug-likeness (QED) is 0.926. The van der Waals surface area contributed by atoms with E-state index in [2.05, 4.69) is 5.10 Å². The van der Waals surface area contributed by atoms with Crippen LogP contribution >= 0.6 is 0 Å². The van der Waals surface area contributed by atoms with Crippen LogP contribution in [-0.2, 0) is 4.79 Å². The molecule has 2 rings (SSSR count). The first kappa shape index (κ1) is 15.5. The summed E-state index contributed by atoms with van der Waals surface area (Å²) in [6.45, 7) is 8.47. The number of hydrogen-bond donors (Lipinski definition) is 1. The Bertz CT molecular complexity index is 565. The highest BCUT2D eigenvalue weighted by Gasteiger charge is 2.40. The van der Waals surface area contributed by atoms with Gasteiger partial charge in [-0.1, -0.05) is 0 Å². The van der Waals surface area contributed by atoms with Crippen LogP contribution in [0, 0.1) is 12.3 Å². The van der Waals surface area contributed by atoms with E-state index in [-0.39, 0.29) is 18.5 Å². The fourth-order valence-electron chi connectivity index (χ4n) is 2.91. The molecule has 1 aromatic heterocycles. The second kappa shape index (κ2) is 5.50. The van der Waals surface area contributed by atoms with Crippen LogP contribution in [0.5, 0.6) is 0 Å². The number of hydrogen-bond acceptors (Lipinski definition) is 3. The zero-order chi connectivity index (χ0) is 15.8. The van der Waals surface area contributed by atoms with Crippen LogP contribution in [0.25, 0.3) is 0 Å². The van der Waals surface area contributed by atoms with Gasteiger partial charge in [-0.2, -0.15) is 5.10 Å². The van der Waals surface area contributed by atoms with E-state index in [4.69, 9.17) is 0 Å². The van der Waals surface area contributed by atoms with E-state index in [1.54, 1.807) is 18.0 Å². The first-order valence-electron chi connectivity index (χ1n) is 7.33. The predicted molar refractivity (Wildman–Crippen MR) is 78.2 cm³/mol. The summed E-state index contributed by atoms with van der Waals surface area (Å²) in [6, 6.07) is 0.192. The summed E-state index contributed by atoms with van der Waals surface area (Å²) < 4.78 is 1.81. The van der Waals surface area contributed by atoms with Crippen LogP contribution in [0.2, 0.25) is 0 Å². The number of likely N-dealkylation sites (tertiary alicyclic amines) is 1. The van der Waals surface area contributed by atoms with Gasteiger partial charge in [0.15, 0.2) is 0 Å². The van der Waals surface area contributed by atoms with Gasteiger partial charge in [-0.15, -0.1) is 0 Å². The molecule has 1 aliphatic rings. The molecule has 1 N–H and O–H groups in total. The Morgan fingerprint density at radius 2 is 2.10 bits per heavy atom. The highest BCUT2D eigenvalue weighted by Crippen LogP contribution is 2.30. The van der Waals surface area contributed by atoms with Crippen molar-refractivity contribution in [1.29, 1.82) is 0 Å². The number of rotatable bonds is 3. The third kappa shape index (κ3) is 2.80. The minimum atomic E-state index is -0.851. The average molecular weight is 293 g/mol. The summed E-state index contributed by atoms with van der Waals surface area (Å²) in [4.78, 5) is 25.7. The molecule has 1 fully saturated rings. The lowest BCUT2D eigenvalue weighted by Crippen LogP contribution is -2.48. The standard InChI is InChI=1S/C15H23N3O3/c1-10(2)18-11(3)12(8-16-18)13(19)17-7-5-6-15(4,9-17)14(20)21/h8,10H,5-7,9H2,1-4H3,(H,20,21). The van der Waals surface area contributed by atoms with E-state index in [0.717, 1.165) is 5.69 Å². The molecule has 0 spiro atoms. The Balaban J connectivity index is 2.22. The van der Waals surface area contributed by atoms with Gasteiger partial charge in [-0.25, -0.2) is 0 Å². The number of carboxylic acids is 1. The zero-order valence-electron chi connectivity index (χ0n) is 13.1. The maximum atomic E-state index is 12.6. The van der Waals surface area contributed by atoms with Gasteiger partial charge in [0.25, 0.3) is 5.91 Å². The van der Waals surface area contributed by atoms with E-state index in [0.29, 0.717) is 24.9 Å². The average Bonchev–Trinajstić information content (AvgIpc) is 2.79. The van der Waals surface area contributed by atoms with Crippen LogP contribution in [0.15, 0.2) is 6.20 Å². The highest BCUT2D eigenvalue weighted by atomic mass is 16.4. The molecule has 21 heavy (non-hydrogen) atoms. The van der Waals surface area contributed by atoms with Crippen LogP contribution in [0.1, 0.15) is 55.7 Å². The maximum absolute atomic E-state index is 12.6. The van der Waals surface area contributed by atoms with Crippen molar-refractivity contribution in [2.45, 2.75) is 46.6 Å². The third-order valence-electron chi connectivity index (χ3n) is 4.26. The van der Waals surface area contributed by atoms with Gasteiger partial charge in [0, 0.05) is 24.8 Å². The number of amides is 1. The molecule has 0 radical (unpaired) electrons. The normalized spacial score (nSPS) is 22.6. The lowest BCUT2D eigenvalue weighted by atomic mass is 9.82. The topological polar surface area (TPSA) is 75.4 Å². The van der Waals surface area contributed by atoms with Crippen molar-refractivity contribution in [3.05, 3.63) is 17.5 Å². The molecule has 116 valence electrons. The number of aromatic nitrogens is 2. The molecule has 0 bridgehead atoms. The van der Waals surface area contributed by atoms with E-state index in [1.165, 1.54) is 0 Å². The van der Waals surface area contributed by atoms with Crippen LogP contribution in [0.4, 0.5) is 0 Å². The molecule has 6 heteroatoms. The SMILES string of the molecule is Cc1c(C(=O)N2CCCC(C)(C(=O)O)C2)cnn1C(C)C. The van der Waals surface area contributed by atoms with E-state index in [1.807, 2.05) is 25.5 Å². The monoisotopic (exact) mass is 293 g/mol. The summed E-state index contributed by atoms with van der Waals surface area (Å²) >= 11 is 0. The first-order valence-corrected chi connectivity index (χ1v) is 7.33. The van der Waals surface area contributed by atoms with Crippen LogP contribution in [0.3, 0.4) is 0 Å². The van der Waals surface area contributed by atoms with Crippen LogP contribution < -0.4 is 0 Å². The number of carboxylic acid groups (broad SMARTS) is 1. The Morgan fingerprint density at radius 3 is 2.62 bits per heavy atom. The maximum Gasteiger partial charge on any atom is 0.311 e. The van der Waals surface area contributed by atoms with Crippen molar-refractivity contribution in [3.8, 4) is 0 Å². The zero-order valence-corrected chi connectivity index (χ0v) is 13.1. The lowest BCUT2D eigenvalue weighted by molar-refractivity contribution is -0.150. The summed E-state index contributed by atoms with van der Waals surface area (Å²) in [6.07, 6.45) is 2.91. The molecule has 1 unspecified atom stereocenters. The van der Waals surface area contributed by atoms with E-state index >= 15 is 0 Å². The van der Waals surface area contributed by atoms with Crippen molar-refractivity contribution < 1.29 is 14.7 Å². The number of piperidine rings is 1. The Labute approximate surface area is 124 Å². The molecule has 0 saturated carbocycles. The van der Waals surface area contributed by atoms with Crippen molar-refractivity contribution in [3.63, 3.8) is 0 Å². The molecule has 1 amide bonds. The minimum absolute atomic E-state index is 0.119. The Morgan fingerprint density at radius 1 is 1.43 bits per heavy atom. The molecule has 0 aromatic carbocycles. The Hall–Kier alpha value is -1.85. The van der Waals surface area contributed by atoms with Gasteiger partial charge in [0.1, 0.15) is 0 Å². The first-order chi connectivity index (χ1) is 9.76. The van der Waals surface area contributed by atoms with Gasteiger partial charge in [-0.3, -0.25) is 14.3 Å². The molecule has 1 saturated heterocycles. The Kier molecular flexibility index (Phi) is 4.07. The summed E-state index contributed by atoms with van der Waals surface area (Å²) in [5.74, 6) is -0.957. The molecular formula is C15H23N3O3. The molecular weight excluding hydrogens is 270 g/mol. The fraction of sp³-hybridized carbons (Fsp3) is 0.667. The minimum Gasteiger partial charge on any atom is -0.481 e. The molecule has 1 atom stereocenters. The van der Waals surface area contributed by atoms with Gasteiger partial charge < -0.3 is 10.0 Å². The van der Waals surface area contributed by atoms with E-state index < -0.39 is 11.4 Å². The van der Waals surface area contributed by atoms with Crippen molar-refractivity contribution in [2.75, 3.05) is 13.1 Å². The van der Waals surface area contributed by atoms with Gasteiger partial charge in [-0.05, 0) is 40.5 Å². The number of aliphatic carboxylic acids is 1. The summed E-state index contributed by atoms with van der Waals surface area (Å²) in [5.41, 5.74) is 0.548. The van der Waals surface area contributed by atoms with Gasteiger partial charge in [0.2, 0.25) is 0 Å². The highest BCUT2D eigenvalue weighted by molar-refractivity contribution is 5.95. The molecule has 0 aliphatic carbocycles. The number of nitrogens with zero attached hydrogens (tertiary/aromatic N) is 3. The predicted octanol–water partition coefficient (Wildman–Crippen LogP) is 2.10. The van der Waals surface area contributed by atoms with Crippen LogP contribution in [-0.4, -0.2) is 44.8 Å². The lowest BCUT2D eigenvalue weighted by Gasteiger charge is -2.37. The number of carbonyl (C=O) groups excluding carboxylic acids is 1. The summed E-state index contributed by atoms with van der Waals surface area (Å²) in [7, 11) is 0. The summed E-state index contributed by atoms with van der Waals surface area (Å²) in [5, 5.41) is 13.6. The third-order valence-corrected chi connectivity index (χ3v) is 4.26. The molecule has 1 aromatic rings. The van der Waals surface area contributed by atoms with Crippen molar-refractivity contribution in [2.24, 2.45) is 5.41 Å². The second-order valence-electron chi connectivity index (χ2n) is 6.38. The van der Waals surface area contributed by atoms with Crippen molar-refractivity contribution >= 4 is 11.9 Å². The van der Waals surface area contributed by atoms with Gasteiger partial charge in [0.05, 0.1) is 17.2 Å². The van der Waals surface area contributed by atoms with Crippen molar-refractivity contribution in [1.82, 2.24) is 14.7 Å². The fourth-order valence-corrected chi connectivity index (χ4v) is 2.91. The molecule has 1 aliphatic heterocycles. The molecule has 6 nitrogen and oxygen atoms in total. The second-order valence-corrected chi connectivity index (χ2v) is 6.38. The smallest absolute Gasteiger partial charge is 0.311 e. The van der Waals surface area contributed by atoms with E-state index in [9.17, 15) is 14.7 Å². The largest absolute Gasteiger partial charge is 0.481 e. The number of carbonyl (C=O) groups is 2. The molecule has 2 heterocycles.